The number of halogens is 3. The molecular formula is C34H50F3NO4. The van der Waals surface area contributed by atoms with Gasteiger partial charge in [0.05, 0.1) is 18.3 Å². The summed E-state index contributed by atoms with van der Waals surface area (Å²) in [5.41, 5.74) is -1.07. The highest BCUT2D eigenvalue weighted by Gasteiger charge is 2.70. The minimum atomic E-state index is -4.76. The van der Waals surface area contributed by atoms with Crippen molar-refractivity contribution in [1.82, 2.24) is 5.32 Å². The Morgan fingerprint density at radius 3 is 2.24 bits per heavy atom. The van der Waals surface area contributed by atoms with E-state index in [1.165, 1.54) is 5.32 Å². The number of aliphatic hydroxyl groups excluding tert-OH is 1. The van der Waals surface area contributed by atoms with Gasteiger partial charge < -0.3 is 9.84 Å². The first-order valence-electron chi connectivity index (χ1n) is 16.2. The Balaban J connectivity index is 1.35. The lowest BCUT2D eigenvalue weighted by Crippen LogP contribution is -2.67. The Labute approximate surface area is 248 Å². The van der Waals surface area contributed by atoms with Crippen LogP contribution in [-0.4, -0.2) is 41.4 Å². The van der Waals surface area contributed by atoms with Crippen molar-refractivity contribution in [2.75, 3.05) is 0 Å². The Morgan fingerprint density at radius 2 is 1.62 bits per heavy atom. The molecule has 0 aliphatic heterocycles. The largest absolute Gasteiger partial charge is 0.484 e. The second kappa shape index (κ2) is 9.08. The summed E-state index contributed by atoms with van der Waals surface area (Å²) in [5, 5.41) is 11.2. The molecule has 0 bridgehead atoms. The lowest BCUT2D eigenvalue weighted by molar-refractivity contribution is -0.212. The van der Waals surface area contributed by atoms with Crippen molar-refractivity contribution in [2.24, 2.45) is 50.2 Å². The summed E-state index contributed by atoms with van der Waals surface area (Å²) < 4.78 is 46.0. The van der Waals surface area contributed by atoms with Crippen LogP contribution in [0.1, 0.15) is 113 Å². The maximum Gasteiger partial charge on any atom is 0.484 e. The van der Waals surface area contributed by atoms with Crippen LogP contribution in [-0.2, 0) is 14.3 Å². The van der Waals surface area contributed by atoms with Crippen LogP contribution in [0.15, 0.2) is 11.6 Å². The van der Waals surface area contributed by atoms with Crippen molar-refractivity contribution >= 4 is 11.7 Å². The van der Waals surface area contributed by atoms with Gasteiger partial charge in [0.2, 0.25) is 5.91 Å². The minimum Gasteiger partial charge on any atom is -0.390 e. The Hall–Kier alpha value is -1.41. The van der Waals surface area contributed by atoms with Gasteiger partial charge in [0, 0.05) is 17.8 Å². The molecule has 0 aromatic heterocycles. The van der Waals surface area contributed by atoms with Gasteiger partial charge in [0.15, 0.2) is 5.78 Å². The number of hydrogen-bond donors (Lipinski definition) is 2. The van der Waals surface area contributed by atoms with E-state index in [2.05, 4.69) is 41.5 Å². The molecule has 0 aromatic carbocycles. The average Bonchev–Trinajstić information content (AvgIpc) is 3.56. The molecule has 5 fully saturated rings. The molecule has 6 rings (SSSR count). The summed E-state index contributed by atoms with van der Waals surface area (Å²) in [6, 6.07) is 0. The molecule has 6 aliphatic rings. The molecule has 11 atom stereocenters. The molecule has 2 N–H and O–H groups in total. The molecule has 1 amide bonds. The standard InChI is InChI=1S/C34H50F3NO4/c1-28(2)24-8-11-33(7)26(31(24,5)10-9-25(28)42-23-17-21(23)39)22(40)16-19-20-18-30(4,27(41)38-34(35,36)37)13-12-29(20,3)14-15-32(19,33)6/h16,20-21,23-26,39H,8-15,17-18H2,1-7H3,(H,38,41)/t20-,21?,23?,24?,25-,26+,29+,30-,31-,32+,33+/m0/s1. The molecule has 3 unspecified atom stereocenters. The number of aliphatic hydroxyl groups is 1. The van der Waals surface area contributed by atoms with Gasteiger partial charge in [-0.05, 0) is 103 Å². The second-order valence-corrected chi connectivity index (χ2v) is 17.0. The minimum absolute atomic E-state index is 0.0561. The molecule has 236 valence electrons. The van der Waals surface area contributed by atoms with E-state index in [1.807, 2.05) is 6.08 Å². The predicted molar refractivity (Wildman–Crippen MR) is 153 cm³/mol. The molecule has 0 saturated heterocycles. The number of nitrogens with one attached hydrogen (secondary N) is 1. The smallest absolute Gasteiger partial charge is 0.390 e. The van der Waals surface area contributed by atoms with Crippen molar-refractivity contribution in [3.63, 3.8) is 0 Å². The van der Waals surface area contributed by atoms with Gasteiger partial charge in [-0.1, -0.05) is 54.0 Å². The molecular weight excluding hydrogens is 543 g/mol. The molecule has 8 heteroatoms. The summed E-state index contributed by atoms with van der Waals surface area (Å²) in [5.74, 6) is -0.729. The quantitative estimate of drug-likeness (QED) is 0.342. The maximum atomic E-state index is 14.5. The summed E-state index contributed by atoms with van der Waals surface area (Å²) in [4.78, 5) is 27.5. The van der Waals surface area contributed by atoms with Crippen LogP contribution in [0.2, 0.25) is 0 Å². The zero-order valence-electron chi connectivity index (χ0n) is 26.4. The van der Waals surface area contributed by atoms with E-state index in [4.69, 9.17) is 4.74 Å². The fourth-order valence-corrected chi connectivity index (χ4v) is 11.4. The number of hydrogen-bond acceptors (Lipinski definition) is 4. The number of fused-ring (bicyclic) bond motifs is 7. The molecule has 42 heavy (non-hydrogen) atoms. The fraction of sp³-hybridized carbons (Fsp3) is 0.882. The topological polar surface area (TPSA) is 75.6 Å². The zero-order chi connectivity index (χ0) is 30.9. The maximum absolute atomic E-state index is 14.5. The first-order valence-corrected chi connectivity index (χ1v) is 16.2. The molecule has 0 aromatic rings. The number of rotatable bonds is 3. The summed E-state index contributed by atoms with van der Waals surface area (Å²) in [7, 11) is 0. The third-order valence-corrected chi connectivity index (χ3v) is 14.4. The van der Waals surface area contributed by atoms with Crippen molar-refractivity contribution in [1.29, 1.82) is 0 Å². The monoisotopic (exact) mass is 593 g/mol. The normalized spacial score (nSPS) is 51.3. The van der Waals surface area contributed by atoms with Crippen molar-refractivity contribution < 1.29 is 32.6 Å². The van der Waals surface area contributed by atoms with E-state index >= 15 is 0 Å². The van der Waals surface area contributed by atoms with Crippen LogP contribution in [0.5, 0.6) is 0 Å². The number of ketones is 1. The zero-order valence-corrected chi connectivity index (χ0v) is 26.4. The number of carbonyl (C=O) groups is 2. The van der Waals surface area contributed by atoms with E-state index in [1.54, 1.807) is 6.92 Å². The number of amides is 1. The molecule has 6 aliphatic carbocycles. The van der Waals surface area contributed by atoms with Gasteiger partial charge in [0.1, 0.15) is 0 Å². The van der Waals surface area contributed by atoms with Gasteiger partial charge in [-0.25, -0.2) is 0 Å². The van der Waals surface area contributed by atoms with E-state index in [-0.39, 0.29) is 63.0 Å². The van der Waals surface area contributed by atoms with E-state index < -0.39 is 17.6 Å². The summed E-state index contributed by atoms with van der Waals surface area (Å²) in [6.45, 7) is 15.4. The fourth-order valence-electron chi connectivity index (χ4n) is 11.4. The van der Waals surface area contributed by atoms with E-state index in [9.17, 15) is 27.9 Å². The lowest BCUT2D eigenvalue weighted by Gasteiger charge is -2.70. The molecule has 5 saturated carbocycles. The highest BCUT2D eigenvalue weighted by atomic mass is 19.4. The van der Waals surface area contributed by atoms with Gasteiger partial charge in [-0.3, -0.25) is 14.9 Å². The molecule has 0 spiro atoms. The first-order chi connectivity index (χ1) is 19.2. The van der Waals surface area contributed by atoms with Gasteiger partial charge in [-0.2, -0.15) is 13.2 Å². The molecule has 0 radical (unpaired) electrons. The molecule has 5 nitrogen and oxygen atoms in total. The van der Waals surface area contributed by atoms with Crippen LogP contribution in [0.25, 0.3) is 0 Å². The number of alkyl halides is 3. The van der Waals surface area contributed by atoms with Crippen LogP contribution >= 0.6 is 0 Å². The van der Waals surface area contributed by atoms with Gasteiger partial charge >= 0.3 is 6.30 Å². The third kappa shape index (κ3) is 4.23. The van der Waals surface area contributed by atoms with E-state index in [0.717, 1.165) is 44.1 Å². The highest BCUT2D eigenvalue weighted by molar-refractivity contribution is 5.95. The van der Waals surface area contributed by atoms with Crippen LogP contribution in [0.4, 0.5) is 13.2 Å². The number of allylic oxidation sites excluding steroid dienone is 2. The van der Waals surface area contributed by atoms with E-state index in [0.29, 0.717) is 31.6 Å². The number of carbonyl (C=O) groups excluding carboxylic acids is 2. The Kier molecular flexibility index (Phi) is 6.62. The Morgan fingerprint density at radius 1 is 0.976 bits per heavy atom. The number of ether oxygens (including phenoxy) is 1. The summed E-state index contributed by atoms with van der Waals surface area (Å²) >= 11 is 0. The molecule has 0 heterocycles. The van der Waals surface area contributed by atoms with Crippen molar-refractivity contribution in [3.05, 3.63) is 11.6 Å². The third-order valence-electron chi connectivity index (χ3n) is 14.4. The van der Waals surface area contributed by atoms with Crippen LogP contribution in [0, 0.1) is 50.2 Å². The Bertz CT molecular complexity index is 1210. The summed E-state index contributed by atoms with van der Waals surface area (Å²) in [6.07, 6.45) is 4.48. The van der Waals surface area contributed by atoms with Crippen LogP contribution in [0.3, 0.4) is 0 Å². The predicted octanol–water partition coefficient (Wildman–Crippen LogP) is 7.12. The van der Waals surface area contributed by atoms with Gasteiger partial charge in [-0.15, -0.1) is 0 Å². The van der Waals surface area contributed by atoms with Gasteiger partial charge in [0.25, 0.3) is 0 Å². The SMILES string of the molecule is CC1(C)C2CC[C@]3(C)[C@H](C(=O)C=C4[C@@H]5C[C@@](C)(C(=O)NC(F)(F)F)CC[C@]5(C)CC[C@]43C)[C@@]2(C)CC[C@@H]1OC1CC1O. The average molecular weight is 594 g/mol. The highest BCUT2D eigenvalue weighted by Crippen LogP contribution is 2.75. The van der Waals surface area contributed by atoms with Crippen LogP contribution < -0.4 is 5.32 Å². The second-order valence-electron chi connectivity index (χ2n) is 17.0. The first kappa shape index (κ1) is 30.6. The lowest BCUT2D eigenvalue weighted by atomic mass is 9.33. The van der Waals surface area contributed by atoms with Crippen molar-refractivity contribution in [2.45, 2.75) is 137 Å². The van der Waals surface area contributed by atoms with Crippen molar-refractivity contribution in [3.8, 4) is 0 Å².